The van der Waals surface area contributed by atoms with E-state index in [1.165, 1.54) is 0 Å². The van der Waals surface area contributed by atoms with Crippen LogP contribution in [0.3, 0.4) is 0 Å². The summed E-state index contributed by atoms with van der Waals surface area (Å²) in [4.78, 5) is 24.0. The van der Waals surface area contributed by atoms with Gasteiger partial charge in [0, 0.05) is 5.56 Å². The number of nitrogens with one attached hydrogen (secondary N) is 1. The SMILES string of the molecule is COc1ccc(OCCOC(=O)CNC(=O)c2ccc(-c3ccccc3)cc2)cc1. The molecule has 3 aromatic rings. The molecule has 0 unspecified atom stereocenters. The van der Waals surface area contributed by atoms with E-state index in [2.05, 4.69) is 5.32 Å². The van der Waals surface area contributed by atoms with Gasteiger partial charge in [0.1, 0.15) is 31.3 Å². The average molecular weight is 405 g/mol. The van der Waals surface area contributed by atoms with Gasteiger partial charge in [0.05, 0.1) is 7.11 Å². The molecule has 0 heterocycles. The Morgan fingerprint density at radius 3 is 2.07 bits per heavy atom. The van der Waals surface area contributed by atoms with E-state index in [9.17, 15) is 9.59 Å². The van der Waals surface area contributed by atoms with Gasteiger partial charge in [0.2, 0.25) is 0 Å². The van der Waals surface area contributed by atoms with Crippen molar-refractivity contribution in [2.75, 3.05) is 26.9 Å². The van der Waals surface area contributed by atoms with Crippen LogP contribution in [0, 0.1) is 0 Å². The lowest BCUT2D eigenvalue weighted by atomic mass is 10.0. The van der Waals surface area contributed by atoms with Crippen molar-refractivity contribution in [1.82, 2.24) is 5.32 Å². The molecule has 6 nitrogen and oxygen atoms in total. The molecule has 0 aliphatic carbocycles. The molecule has 6 heteroatoms. The number of rotatable bonds is 9. The maximum absolute atomic E-state index is 12.2. The molecule has 0 saturated heterocycles. The third-order valence-corrected chi connectivity index (χ3v) is 4.32. The minimum Gasteiger partial charge on any atom is -0.497 e. The van der Waals surface area contributed by atoms with E-state index >= 15 is 0 Å². The molecule has 0 bridgehead atoms. The van der Waals surface area contributed by atoms with Crippen molar-refractivity contribution in [3.63, 3.8) is 0 Å². The van der Waals surface area contributed by atoms with Gasteiger partial charge in [-0.3, -0.25) is 9.59 Å². The first-order chi connectivity index (χ1) is 14.7. The van der Waals surface area contributed by atoms with E-state index in [-0.39, 0.29) is 25.7 Å². The fourth-order valence-electron chi connectivity index (χ4n) is 2.74. The van der Waals surface area contributed by atoms with Crippen molar-refractivity contribution in [2.24, 2.45) is 0 Å². The maximum atomic E-state index is 12.2. The third kappa shape index (κ3) is 6.10. The Bertz CT molecular complexity index is 953. The van der Waals surface area contributed by atoms with E-state index in [1.807, 2.05) is 42.5 Å². The second-order valence-corrected chi connectivity index (χ2v) is 6.37. The van der Waals surface area contributed by atoms with Crippen molar-refractivity contribution in [2.45, 2.75) is 0 Å². The molecule has 1 N–H and O–H groups in total. The standard InChI is InChI=1S/C24H23NO5/c1-28-21-11-13-22(14-12-21)29-15-16-30-23(26)17-25-24(27)20-9-7-19(8-10-20)18-5-3-2-4-6-18/h2-14H,15-17H2,1H3,(H,25,27). The molecular formula is C24H23NO5. The smallest absolute Gasteiger partial charge is 0.325 e. The van der Waals surface area contributed by atoms with E-state index in [0.717, 1.165) is 16.9 Å². The van der Waals surface area contributed by atoms with Crippen LogP contribution >= 0.6 is 0 Å². The van der Waals surface area contributed by atoms with Crippen LogP contribution in [-0.2, 0) is 9.53 Å². The molecule has 0 aliphatic rings. The summed E-state index contributed by atoms with van der Waals surface area (Å²) in [5.41, 5.74) is 2.57. The first kappa shape index (κ1) is 20.9. The molecule has 1 amide bonds. The molecule has 30 heavy (non-hydrogen) atoms. The number of ether oxygens (including phenoxy) is 3. The zero-order chi connectivity index (χ0) is 21.2. The maximum Gasteiger partial charge on any atom is 0.325 e. The van der Waals surface area contributed by atoms with Gasteiger partial charge in [-0.15, -0.1) is 0 Å². The molecule has 0 aromatic heterocycles. The topological polar surface area (TPSA) is 73.9 Å². The van der Waals surface area contributed by atoms with Crippen LogP contribution in [0.4, 0.5) is 0 Å². The lowest BCUT2D eigenvalue weighted by molar-refractivity contribution is -0.143. The number of amides is 1. The van der Waals surface area contributed by atoms with Crippen molar-refractivity contribution in [3.8, 4) is 22.6 Å². The van der Waals surface area contributed by atoms with Gasteiger partial charge >= 0.3 is 5.97 Å². The monoisotopic (exact) mass is 405 g/mol. The highest BCUT2D eigenvalue weighted by Gasteiger charge is 2.09. The van der Waals surface area contributed by atoms with Crippen molar-refractivity contribution in [1.29, 1.82) is 0 Å². The Morgan fingerprint density at radius 2 is 1.40 bits per heavy atom. The predicted octanol–water partition coefficient (Wildman–Crippen LogP) is 3.71. The van der Waals surface area contributed by atoms with Gasteiger partial charge in [0.25, 0.3) is 5.91 Å². The number of esters is 1. The summed E-state index contributed by atoms with van der Waals surface area (Å²) in [6.07, 6.45) is 0. The number of carbonyl (C=O) groups excluding carboxylic acids is 2. The van der Waals surface area contributed by atoms with Crippen LogP contribution in [-0.4, -0.2) is 38.7 Å². The van der Waals surface area contributed by atoms with Crippen molar-refractivity contribution >= 4 is 11.9 Å². The molecule has 0 aliphatic heterocycles. The molecule has 0 spiro atoms. The van der Waals surface area contributed by atoms with Crippen LogP contribution in [0.1, 0.15) is 10.4 Å². The van der Waals surface area contributed by atoms with E-state index < -0.39 is 5.97 Å². The minimum atomic E-state index is -0.525. The number of carbonyl (C=O) groups is 2. The third-order valence-electron chi connectivity index (χ3n) is 4.32. The molecule has 3 aromatic carbocycles. The second kappa shape index (κ2) is 10.7. The number of hydrogen-bond acceptors (Lipinski definition) is 5. The number of benzene rings is 3. The van der Waals surface area contributed by atoms with Crippen LogP contribution < -0.4 is 14.8 Å². The fourth-order valence-corrected chi connectivity index (χ4v) is 2.74. The second-order valence-electron chi connectivity index (χ2n) is 6.37. The molecule has 0 radical (unpaired) electrons. The Labute approximate surface area is 175 Å². The van der Waals surface area contributed by atoms with Crippen molar-refractivity contribution in [3.05, 3.63) is 84.4 Å². The first-order valence-electron chi connectivity index (χ1n) is 9.52. The Kier molecular flexibility index (Phi) is 7.44. The van der Waals surface area contributed by atoms with Crippen LogP contribution in [0.15, 0.2) is 78.9 Å². The lowest BCUT2D eigenvalue weighted by Crippen LogP contribution is -2.31. The Hall–Kier alpha value is -3.80. The zero-order valence-electron chi connectivity index (χ0n) is 16.7. The number of methoxy groups -OCH3 is 1. The zero-order valence-corrected chi connectivity index (χ0v) is 16.7. The quantitative estimate of drug-likeness (QED) is 0.434. The van der Waals surface area contributed by atoms with E-state index in [4.69, 9.17) is 14.2 Å². The summed E-state index contributed by atoms with van der Waals surface area (Å²) in [5.74, 6) is 0.530. The molecule has 3 rings (SSSR count). The Balaban J connectivity index is 1.37. The van der Waals surface area contributed by atoms with Gasteiger partial charge in [-0.25, -0.2) is 0 Å². The first-order valence-corrected chi connectivity index (χ1v) is 9.52. The highest BCUT2D eigenvalue weighted by molar-refractivity contribution is 5.96. The summed E-state index contributed by atoms with van der Waals surface area (Å²) < 4.78 is 15.6. The van der Waals surface area contributed by atoms with Gasteiger partial charge in [-0.1, -0.05) is 42.5 Å². The average Bonchev–Trinajstić information content (AvgIpc) is 2.81. The van der Waals surface area contributed by atoms with Crippen LogP contribution in [0.5, 0.6) is 11.5 Å². The predicted molar refractivity (Wildman–Crippen MR) is 114 cm³/mol. The van der Waals surface area contributed by atoms with Gasteiger partial charge in [0.15, 0.2) is 0 Å². The summed E-state index contributed by atoms with van der Waals surface area (Å²) in [6.45, 7) is 0.0985. The largest absolute Gasteiger partial charge is 0.497 e. The fraction of sp³-hybridized carbons (Fsp3) is 0.167. The summed E-state index contributed by atoms with van der Waals surface area (Å²) in [5, 5.41) is 2.56. The van der Waals surface area contributed by atoms with E-state index in [0.29, 0.717) is 11.3 Å². The molecular weight excluding hydrogens is 382 g/mol. The molecule has 0 fully saturated rings. The number of hydrogen-bond donors (Lipinski definition) is 1. The lowest BCUT2D eigenvalue weighted by Gasteiger charge is -2.09. The molecule has 154 valence electrons. The minimum absolute atomic E-state index is 0.0898. The van der Waals surface area contributed by atoms with Crippen molar-refractivity contribution < 1.29 is 23.8 Å². The molecule has 0 atom stereocenters. The summed E-state index contributed by atoms with van der Waals surface area (Å²) in [6, 6.07) is 24.2. The van der Waals surface area contributed by atoms with Gasteiger partial charge < -0.3 is 19.5 Å². The van der Waals surface area contributed by atoms with Gasteiger partial charge in [-0.05, 0) is 47.5 Å². The van der Waals surface area contributed by atoms with E-state index in [1.54, 1.807) is 43.5 Å². The van der Waals surface area contributed by atoms with Crippen LogP contribution in [0.2, 0.25) is 0 Å². The van der Waals surface area contributed by atoms with Crippen LogP contribution in [0.25, 0.3) is 11.1 Å². The highest BCUT2D eigenvalue weighted by atomic mass is 16.6. The molecule has 0 saturated carbocycles. The summed E-state index contributed by atoms with van der Waals surface area (Å²) >= 11 is 0. The summed E-state index contributed by atoms with van der Waals surface area (Å²) in [7, 11) is 1.59. The Morgan fingerprint density at radius 1 is 0.767 bits per heavy atom. The normalized spacial score (nSPS) is 10.2. The highest BCUT2D eigenvalue weighted by Crippen LogP contribution is 2.19. The van der Waals surface area contributed by atoms with Gasteiger partial charge in [-0.2, -0.15) is 0 Å².